The number of nitrogens with zero attached hydrogens (tertiary/aromatic N) is 1. The van der Waals surface area contributed by atoms with Gasteiger partial charge in [0.15, 0.2) is 6.10 Å². The minimum atomic E-state index is -2.09. The summed E-state index contributed by atoms with van der Waals surface area (Å²) in [5, 5.41) is 2.12. The van der Waals surface area contributed by atoms with Crippen molar-refractivity contribution in [3.05, 3.63) is 78.1 Å². The fourth-order valence-corrected chi connectivity index (χ4v) is 4.19. The topological polar surface area (TPSA) is 98.1 Å². The van der Waals surface area contributed by atoms with Gasteiger partial charge in [0, 0.05) is 29.2 Å². The summed E-state index contributed by atoms with van der Waals surface area (Å²) in [6, 6.07) is 17.3. The molecule has 2 heterocycles. The van der Waals surface area contributed by atoms with Gasteiger partial charge in [-0.1, -0.05) is 30.3 Å². The zero-order valence-corrected chi connectivity index (χ0v) is 20.4. The van der Waals surface area contributed by atoms with Crippen LogP contribution in [0, 0.1) is 0 Å². The first-order valence-electron chi connectivity index (χ1n) is 13.6. The third-order valence-electron chi connectivity index (χ3n) is 6.33. The van der Waals surface area contributed by atoms with Crippen LogP contribution in [0.15, 0.2) is 71.3 Å². The SMILES string of the molecule is [2H]C([2H])(c1ccccc1OCCCCCC1OC(=O)NC1=O)N(C(=O)c1ccc(-c2ccco2)cc1)C1CC1. The van der Waals surface area contributed by atoms with E-state index in [4.69, 9.17) is 16.6 Å². The van der Waals surface area contributed by atoms with Gasteiger partial charge in [-0.15, -0.1) is 0 Å². The quantitative estimate of drug-likeness (QED) is 0.335. The van der Waals surface area contributed by atoms with Crippen molar-refractivity contribution in [3.63, 3.8) is 0 Å². The number of rotatable bonds is 12. The highest BCUT2D eigenvalue weighted by Gasteiger charge is 2.34. The molecule has 0 radical (unpaired) electrons. The molecule has 2 aliphatic rings. The fraction of sp³-hybridized carbons (Fsp3) is 0.345. The van der Waals surface area contributed by atoms with Crippen LogP contribution < -0.4 is 10.1 Å². The summed E-state index contributed by atoms with van der Waals surface area (Å²) in [4.78, 5) is 37.6. The number of imide groups is 1. The van der Waals surface area contributed by atoms with Crippen molar-refractivity contribution in [1.29, 1.82) is 0 Å². The lowest BCUT2D eigenvalue weighted by molar-refractivity contribution is -0.123. The number of carbonyl (C=O) groups excluding carboxylic acids is 3. The van der Waals surface area contributed by atoms with E-state index in [0.29, 0.717) is 48.5 Å². The van der Waals surface area contributed by atoms with E-state index >= 15 is 0 Å². The van der Waals surface area contributed by atoms with Gasteiger partial charge in [0.05, 0.1) is 15.6 Å². The Morgan fingerprint density at radius 2 is 1.84 bits per heavy atom. The molecule has 1 saturated carbocycles. The highest BCUT2D eigenvalue weighted by molar-refractivity contribution is 5.99. The number of hydrogen-bond acceptors (Lipinski definition) is 6. The number of unbranched alkanes of at least 4 members (excludes halogenated alkanes) is 2. The number of furan rings is 1. The number of para-hydroxylation sites is 1. The number of alkyl carbamates (subject to hydrolysis) is 1. The Morgan fingerprint density at radius 3 is 2.54 bits per heavy atom. The molecule has 0 spiro atoms. The van der Waals surface area contributed by atoms with E-state index in [1.165, 1.54) is 4.90 Å². The van der Waals surface area contributed by atoms with Crippen LogP contribution in [0.4, 0.5) is 4.79 Å². The maximum Gasteiger partial charge on any atom is 0.414 e. The normalized spacial score (nSPS) is 18.0. The first kappa shape index (κ1) is 22.2. The highest BCUT2D eigenvalue weighted by Crippen LogP contribution is 2.32. The first-order valence-corrected chi connectivity index (χ1v) is 12.6. The molecule has 192 valence electrons. The Labute approximate surface area is 218 Å². The minimum Gasteiger partial charge on any atom is -0.493 e. The molecule has 1 N–H and O–H groups in total. The van der Waals surface area contributed by atoms with Crippen LogP contribution in [-0.2, 0) is 16.0 Å². The molecule has 2 aromatic carbocycles. The zero-order valence-electron chi connectivity index (χ0n) is 22.4. The number of benzene rings is 2. The van der Waals surface area contributed by atoms with Gasteiger partial charge < -0.3 is 18.8 Å². The molecule has 1 aliphatic heterocycles. The Morgan fingerprint density at radius 1 is 1.03 bits per heavy atom. The van der Waals surface area contributed by atoms with E-state index < -0.39 is 24.6 Å². The van der Waals surface area contributed by atoms with Crippen LogP contribution in [0.2, 0.25) is 0 Å². The van der Waals surface area contributed by atoms with Crippen molar-refractivity contribution in [2.24, 2.45) is 0 Å². The van der Waals surface area contributed by atoms with Gasteiger partial charge >= 0.3 is 6.09 Å². The Balaban J connectivity index is 1.23. The molecule has 1 aliphatic carbocycles. The van der Waals surface area contributed by atoms with Gasteiger partial charge in [-0.2, -0.15) is 0 Å². The monoisotopic (exact) mass is 504 g/mol. The Kier molecular flexibility index (Phi) is 6.78. The smallest absolute Gasteiger partial charge is 0.414 e. The van der Waals surface area contributed by atoms with E-state index in [1.807, 2.05) is 6.07 Å². The van der Waals surface area contributed by atoms with Crippen LogP contribution >= 0.6 is 0 Å². The summed E-state index contributed by atoms with van der Waals surface area (Å²) < 4.78 is 34.4. The van der Waals surface area contributed by atoms with Crippen molar-refractivity contribution < 1.29 is 31.0 Å². The molecule has 8 heteroatoms. The molecule has 8 nitrogen and oxygen atoms in total. The summed E-state index contributed by atoms with van der Waals surface area (Å²) in [5.41, 5.74) is 1.54. The van der Waals surface area contributed by atoms with E-state index in [2.05, 4.69) is 5.32 Å². The maximum atomic E-state index is 13.6. The summed E-state index contributed by atoms with van der Waals surface area (Å²) in [5.74, 6) is 0.302. The number of ether oxygens (including phenoxy) is 2. The average Bonchev–Trinajstić information content (AvgIpc) is 3.47. The van der Waals surface area contributed by atoms with Crippen molar-refractivity contribution in [2.75, 3.05) is 6.61 Å². The molecule has 1 atom stereocenters. The van der Waals surface area contributed by atoms with Crippen LogP contribution in [0.25, 0.3) is 11.3 Å². The Hall–Kier alpha value is -4.07. The van der Waals surface area contributed by atoms with Gasteiger partial charge in [-0.25, -0.2) is 4.79 Å². The molecule has 0 bridgehead atoms. The van der Waals surface area contributed by atoms with Gasteiger partial charge in [-0.3, -0.25) is 14.9 Å². The van der Waals surface area contributed by atoms with E-state index in [-0.39, 0.29) is 11.9 Å². The molecular weight excluding hydrogens is 472 g/mol. The molecule has 5 rings (SSSR count). The third kappa shape index (κ3) is 6.20. The number of amides is 3. The van der Waals surface area contributed by atoms with Gasteiger partial charge in [-0.05, 0) is 68.9 Å². The minimum absolute atomic E-state index is 0.188. The summed E-state index contributed by atoms with van der Waals surface area (Å²) >= 11 is 0. The number of carbonyl (C=O) groups is 3. The van der Waals surface area contributed by atoms with E-state index in [9.17, 15) is 14.4 Å². The van der Waals surface area contributed by atoms with E-state index in [0.717, 1.165) is 24.8 Å². The van der Waals surface area contributed by atoms with Crippen LogP contribution in [-0.4, -0.2) is 41.6 Å². The van der Waals surface area contributed by atoms with Crippen molar-refractivity contribution in [1.82, 2.24) is 10.2 Å². The van der Waals surface area contributed by atoms with Gasteiger partial charge in [0.2, 0.25) is 0 Å². The third-order valence-corrected chi connectivity index (χ3v) is 6.33. The molecule has 37 heavy (non-hydrogen) atoms. The predicted molar refractivity (Wildman–Crippen MR) is 136 cm³/mol. The zero-order chi connectivity index (χ0) is 27.4. The van der Waals surface area contributed by atoms with Crippen LogP contribution in [0.1, 0.15) is 57.2 Å². The van der Waals surface area contributed by atoms with Gasteiger partial charge in [0.1, 0.15) is 11.5 Å². The van der Waals surface area contributed by atoms with Gasteiger partial charge in [0.25, 0.3) is 11.8 Å². The lowest BCUT2D eigenvalue weighted by Crippen LogP contribution is -2.32. The average molecular weight is 505 g/mol. The molecule has 1 aromatic heterocycles. The lowest BCUT2D eigenvalue weighted by Gasteiger charge is -2.24. The molecule has 3 amide bonds. The van der Waals surface area contributed by atoms with Crippen LogP contribution in [0.5, 0.6) is 5.75 Å². The van der Waals surface area contributed by atoms with Crippen LogP contribution in [0.3, 0.4) is 0 Å². The Bertz CT molecular complexity index is 1320. The van der Waals surface area contributed by atoms with Crippen molar-refractivity contribution in [3.8, 4) is 17.1 Å². The summed E-state index contributed by atoms with van der Waals surface area (Å²) in [6.07, 6.45) is 4.18. The molecule has 1 unspecified atom stereocenters. The second-order valence-corrected chi connectivity index (χ2v) is 9.15. The molecule has 2 fully saturated rings. The van der Waals surface area contributed by atoms with Crippen molar-refractivity contribution in [2.45, 2.75) is 57.2 Å². The van der Waals surface area contributed by atoms with Crippen molar-refractivity contribution >= 4 is 17.9 Å². The number of cyclic esters (lactones) is 1. The molecule has 1 saturated heterocycles. The lowest BCUT2D eigenvalue weighted by atomic mass is 10.1. The first-order chi connectivity index (χ1) is 18.8. The molecule has 3 aromatic rings. The second-order valence-electron chi connectivity index (χ2n) is 9.15. The largest absolute Gasteiger partial charge is 0.493 e. The summed E-state index contributed by atoms with van der Waals surface area (Å²) in [7, 11) is 0. The standard InChI is InChI=1S/C29H30N2O6/c32-27-26(37-29(34)30-27)9-2-1-5-17-35-25-8-4-3-7-22(25)19-31(23-15-16-23)28(33)21-13-11-20(12-14-21)24-10-6-18-36-24/h3-4,6-8,10-14,18,23,26H,1-2,5,9,15-17,19H2,(H,30,32,34)/i19D2. The fourth-order valence-electron chi connectivity index (χ4n) is 4.19. The highest BCUT2D eigenvalue weighted by atomic mass is 16.6. The molecular formula is C29H30N2O6. The predicted octanol–water partition coefficient (Wildman–Crippen LogP) is 5.33. The summed E-state index contributed by atoms with van der Waals surface area (Å²) in [6.45, 7) is -1.75. The maximum absolute atomic E-state index is 13.6. The number of nitrogens with one attached hydrogen (secondary N) is 1. The van der Waals surface area contributed by atoms with E-state index in [1.54, 1.807) is 60.9 Å². The second kappa shape index (κ2) is 11.3. The number of hydrogen-bond donors (Lipinski definition) is 1.